The molecule has 0 aliphatic carbocycles. The van der Waals surface area contributed by atoms with Crippen molar-refractivity contribution in [1.82, 2.24) is 0 Å². The van der Waals surface area contributed by atoms with Crippen LogP contribution in [0.3, 0.4) is 0 Å². The van der Waals surface area contributed by atoms with E-state index in [4.69, 9.17) is 0 Å². The molecule has 2 saturated heterocycles. The molecule has 0 aromatic rings. The first kappa shape index (κ1) is 4.00. The zero-order chi connectivity index (χ0) is 4.69. The van der Waals surface area contributed by atoms with Crippen LogP contribution in [0.2, 0.25) is 11.6 Å². The van der Waals surface area contributed by atoms with Crippen molar-refractivity contribution in [3.63, 3.8) is 0 Å². The Morgan fingerprint density at radius 3 is 1.43 bits per heavy atom. The van der Waals surface area contributed by atoms with E-state index < -0.39 is 0 Å². The lowest BCUT2D eigenvalue weighted by Crippen LogP contribution is -1.83. The second-order valence-corrected chi connectivity index (χ2v) is 2.87. The normalized spacial score (nSPS) is 46.9. The molecule has 0 atom stereocenters. The van der Waals surface area contributed by atoms with Gasteiger partial charge >= 0.3 is 0 Å². The first-order chi connectivity index (χ1) is 3.45. The molecule has 37 valence electrons. The number of fused-ring (bicyclic) bond motifs is 2. The van der Waals surface area contributed by atoms with E-state index in [1.165, 1.54) is 25.7 Å². The fourth-order valence-corrected chi connectivity index (χ4v) is 1.91. The number of rotatable bonds is 0. The van der Waals surface area contributed by atoms with Gasteiger partial charge in [-0.1, -0.05) is 37.3 Å². The molecule has 2 heterocycles. The maximum Gasteiger partial charge on any atom is 0.117 e. The summed E-state index contributed by atoms with van der Waals surface area (Å²) in [5.74, 6) is 2.09. The molecule has 0 aromatic carbocycles. The first-order valence-electron chi connectivity index (χ1n) is 3.30. The molecule has 0 saturated carbocycles. The Morgan fingerprint density at radius 1 is 0.857 bits per heavy atom. The van der Waals surface area contributed by atoms with Crippen LogP contribution in [0.15, 0.2) is 0 Å². The Labute approximate surface area is 45.5 Å². The van der Waals surface area contributed by atoms with E-state index in [0.29, 0.717) is 0 Å². The van der Waals surface area contributed by atoms with Gasteiger partial charge in [0, 0.05) is 0 Å². The van der Waals surface area contributed by atoms with Crippen LogP contribution >= 0.6 is 0 Å². The Hall–Kier alpha value is 0.0649. The highest BCUT2D eigenvalue weighted by Crippen LogP contribution is 2.45. The van der Waals surface area contributed by atoms with Crippen LogP contribution in [0.5, 0.6) is 0 Å². The zero-order valence-corrected chi connectivity index (χ0v) is 4.56. The molecule has 2 rings (SSSR count). The van der Waals surface area contributed by atoms with Gasteiger partial charge in [0.25, 0.3) is 0 Å². The fraction of sp³-hybridized carbons (Fsp3) is 1.00. The van der Waals surface area contributed by atoms with Crippen LogP contribution in [-0.2, 0) is 0 Å². The minimum absolute atomic E-state index is 1.05. The van der Waals surface area contributed by atoms with Crippen LogP contribution < -0.4 is 0 Å². The summed E-state index contributed by atoms with van der Waals surface area (Å²) in [4.78, 5) is 0. The van der Waals surface area contributed by atoms with E-state index in [9.17, 15) is 0 Å². The van der Waals surface area contributed by atoms with Gasteiger partial charge in [-0.3, -0.25) is 0 Å². The quantitative estimate of drug-likeness (QED) is 0.401. The van der Waals surface area contributed by atoms with Gasteiger partial charge in [0.2, 0.25) is 0 Å². The van der Waals surface area contributed by atoms with E-state index in [-0.39, 0.29) is 0 Å². The Kier molecular flexibility index (Phi) is 0.725. The van der Waals surface area contributed by atoms with Crippen molar-refractivity contribution in [3.8, 4) is 0 Å². The molecule has 0 unspecified atom stereocenters. The third-order valence-corrected chi connectivity index (χ3v) is 2.36. The molecule has 2 aliphatic heterocycles. The minimum Gasteiger partial charge on any atom is -0.0686 e. The van der Waals surface area contributed by atoms with E-state index >= 15 is 0 Å². The number of hydrogen-bond donors (Lipinski definition) is 0. The van der Waals surface area contributed by atoms with Crippen LogP contribution in [0.25, 0.3) is 0 Å². The lowest BCUT2D eigenvalue weighted by Gasteiger charge is -2.06. The molecular weight excluding hydrogens is 82.9 g/mol. The third-order valence-electron chi connectivity index (χ3n) is 2.36. The maximum atomic E-state index is 2.56. The van der Waals surface area contributed by atoms with Gasteiger partial charge in [-0.05, 0) is 0 Å². The van der Waals surface area contributed by atoms with Crippen molar-refractivity contribution < 1.29 is 0 Å². The topological polar surface area (TPSA) is 0 Å². The van der Waals surface area contributed by atoms with Crippen LogP contribution in [0, 0.1) is 0 Å². The van der Waals surface area contributed by atoms with Gasteiger partial charge in [-0.15, -0.1) is 0 Å². The third kappa shape index (κ3) is 0.507. The maximum absolute atomic E-state index is 2.56. The Bertz CT molecular complexity index is 62.2. The van der Waals surface area contributed by atoms with Gasteiger partial charge in [0.15, 0.2) is 0 Å². The summed E-state index contributed by atoms with van der Waals surface area (Å²) in [6, 6.07) is 0. The molecule has 2 fully saturated rings. The second-order valence-electron chi connectivity index (χ2n) is 2.87. The SMILES string of the molecule is [B]1C2CCC1CC2. The molecular formula is C6H10B. The molecule has 2 aliphatic rings. The second kappa shape index (κ2) is 1.27. The van der Waals surface area contributed by atoms with Gasteiger partial charge in [0.1, 0.15) is 7.28 Å². The molecule has 7 heavy (non-hydrogen) atoms. The minimum atomic E-state index is 1.05. The van der Waals surface area contributed by atoms with E-state index in [0.717, 1.165) is 11.6 Å². The van der Waals surface area contributed by atoms with Crippen molar-refractivity contribution in [3.05, 3.63) is 0 Å². The van der Waals surface area contributed by atoms with Gasteiger partial charge in [-0.2, -0.15) is 0 Å². The van der Waals surface area contributed by atoms with E-state index in [1.54, 1.807) is 0 Å². The smallest absolute Gasteiger partial charge is 0.0686 e. The predicted molar refractivity (Wildman–Crippen MR) is 31.7 cm³/mol. The average Bonchev–Trinajstić information content (AvgIpc) is 2.22. The highest BCUT2D eigenvalue weighted by molar-refractivity contribution is 6.41. The summed E-state index contributed by atoms with van der Waals surface area (Å²) in [5.41, 5.74) is 0. The lowest BCUT2D eigenvalue weighted by molar-refractivity contribution is 0.565. The highest BCUT2D eigenvalue weighted by Gasteiger charge is 2.31. The molecule has 0 nitrogen and oxygen atoms in total. The Morgan fingerprint density at radius 2 is 1.29 bits per heavy atom. The molecule has 0 N–H and O–H groups in total. The van der Waals surface area contributed by atoms with Crippen LogP contribution in [-0.4, -0.2) is 7.28 Å². The lowest BCUT2D eigenvalue weighted by atomic mass is 9.67. The number of hydrogen-bond acceptors (Lipinski definition) is 0. The molecule has 1 radical (unpaired) electrons. The highest BCUT2D eigenvalue weighted by atomic mass is 14.2. The molecule has 2 bridgehead atoms. The first-order valence-corrected chi connectivity index (χ1v) is 3.30. The van der Waals surface area contributed by atoms with Crippen molar-refractivity contribution in [2.45, 2.75) is 37.3 Å². The fourth-order valence-electron chi connectivity index (χ4n) is 1.91. The van der Waals surface area contributed by atoms with Crippen molar-refractivity contribution in [1.29, 1.82) is 0 Å². The van der Waals surface area contributed by atoms with E-state index in [2.05, 4.69) is 7.28 Å². The van der Waals surface area contributed by atoms with Gasteiger partial charge in [0.05, 0.1) is 0 Å². The Balaban J connectivity index is 2.12. The van der Waals surface area contributed by atoms with Crippen LogP contribution in [0.4, 0.5) is 0 Å². The summed E-state index contributed by atoms with van der Waals surface area (Å²) in [6.45, 7) is 0. The van der Waals surface area contributed by atoms with E-state index in [1.807, 2.05) is 0 Å². The molecule has 1 heteroatoms. The summed E-state index contributed by atoms with van der Waals surface area (Å²) < 4.78 is 0. The predicted octanol–water partition coefficient (Wildman–Crippen LogP) is 1.86. The van der Waals surface area contributed by atoms with Crippen LogP contribution in [0.1, 0.15) is 25.7 Å². The average molecular weight is 93.0 g/mol. The molecule has 0 amide bonds. The standard InChI is InChI=1S/C6H10B/c1-2-6-4-3-5(1)7-6/h5-6H,1-4H2. The molecule has 0 spiro atoms. The summed E-state index contributed by atoms with van der Waals surface area (Å²) in [5, 5.41) is 0. The molecule has 0 aromatic heterocycles. The van der Waals surface area contributed by atoms with Crippen molar-refractivity contribution in [2.75, 3.05) is 0 Å². The van der Waals surface area contributed by atoms with Gasteiger partial charge < -0.3 is 0 Å². The zero-order valence-electron chi connectivity index (χ0n) is 4.56. The largest absolute Gasteiger partial charge is 0.117 e. The van der Waals surface area contributed by atoms with Crippen molar-refractivity contribution >= 4 is 7.28 Å². The summed E-state index contributed by atoms with van der Waals surface area (Å²) in [7, 11) is 2.56. The van der Waals surface area contributed by atoms with Gasteiger partial charge in [-0.25, -0.2) is 0 Å². The summed E-state index contributed by atoms with van der Waals surface area (Å²) in [6.07, 6.45) is 6.02. The monoisotopic (exact) mass is 93.1 g/mol. The van der Waals surface area contributed by atoms with Crippen molar-refractivity contribution in [2.24, 2.45) is 0 Å². The summed E-state index contributed by atoms with van der Waals surface area (Å²) >= 11 is 0.